The van der Waals surface area contributed by atoms with Crippen LogP contribution in [0.3, 0.4) is 0 Å². The van der Waals surface area contributed by atoms with E-state index < -0.39 is 0 Å². The maximum atomic E-state index is 2.49. The Morgan fingerprint density at radius 3 is 2.12 bits per heavy atom. The Morgan fingerprint density at radius 2 is 1.58 bits per heavy atom. The Bertz CT molecular complexity index is 482. The predicted molar refractivity (Wildman–Crippen MR) is 113 cm³/mol. The zero-order valence-corrected chi connectivity index (χ0v) is 17.2. The van der Waals surface area contributed by atoms with Crippen LogP contribution >= 0.6 is 0 Å². The Labute approximate surface area is 162 Å². The molecule has 145 valence electrons. The maximum absolute atomic E-state index is 2.49. The first-order valence-corrected chi connectivity index (χ1v) is 11.9. The largest absolute Gasteiger partial charge is 0.0885 e. The maximum Gasteiger partial charge on any atom is -0.0179 e. The van der Waals surface area contributed by atoms with Crippen molar-refractivity contribution in [2.24, 2.45) is 35.5 Å². The summed E-state index contributed by atoms with van der Waals surface area (Å²) in [6.45, 7) is 2.49. The molecule has 0 saturated heterocycles. The van der Waals surface area contributed by atoms with Crippen molar-refractivity contribution in [2.45, 2.75) is 96.8 Å². The van der Waals surface area contributed by atoms with Crippen molar-refractivity contribution in [3.05, 3.63) is 30.2 Å². The molecule has 0 aromatic heterocycles. The van der Waals surface area contributed by atoms with Gasteiger partial charge in [0.2, 0.25) is 0 Å². The fourth-order valence-electron chi connectivity index (χ4n) is 5.97. The minimum atomic E-state index is 0.964. The van der Waals surface area contributed by atoms with E-state index in [0.29, 0.717) is 0 Å². The summed E-state index contributed by atoms with van der Waals surface area (Å²) >= 11 is 0. The van der Waals surface area contributed by atoms with Crippen LogP contribution in [0.25, 0.3) is 0 Å². The lowest BCUT2D eigenvalue weighted by Gasteiger charge is -2.41. The van der Waals surface area contributed by atoms with Crippen molar-refractivity contribution < 1.29 is 0 Å². The molecule has 4 aliphatic carbocycles. The summed E-state index contributed by atoms with van der Waals surface area (Å²) in [5.41, 5.74) is 0. The van der Waals surface area contributed by atoms with E-state index in [-0.39, 0.29) is 0 Å². The summed E-state index contributed by atoms with van der Waals surface area (Å²) in [5.74, 6) is 8.07. The van der Waals surface area contributed by atoms with Crippen molar-refractivity contribution >= 4 is 0 Å². The standard InChI is InChI=1S/C26H41/c1-20-17-24(20)19-25(18-22-11-6-3-7-12-22)26(23-13-8-14-23)16-15-21-9-4-2-5-10-21/h2-4,6,20-25H,5,7-19H2,1H3. The van der Waals surface area contributed by atoms with Crippen molar-refractivity contribution in [3.63, 3.8) is 0 Å². The molecule has 2 fully saturated rings. The molecule has 0 aromatic carbocycles. The van der Waals surface area contributed by atoms with E-state index in [1.54, 1.807) is 0 Å². The van der Waals surface area contributed by atoms with Gasteiger partial charge in [-0.1, -0.05) is 37.6 Å². The van der Waals surface area contributed by atoms with Gasteiger partial charge in [0.05, 0.1) is 0 Å². The molecule has 0 spiro atoms. The minimum absolute atomic E-state index is 0.964. The monoisotopic (exact) mass is 353 g/mol. The summed E-state index contributed by atoms with van der Waals surface area (Å²) in [6.07, 6.45) is 30.1. The second kappa shape index (κ2) is 9.11. The van der Waals surface area contributed by atoms with Gasteiger partial charge in [-0.3, -0.25) is 0 Å². The van der Waals surface area contributed by atoms with Crippen LogP contribution in [-0.4, -0.2) is 0 Å². The second-order valence-electron chi connectivity index (χ2n) is 10.2. The van der Waals surface area contributed by atoms with Crippen LogP contribution in [0.15, 0.2) is 24.3 Å². The molecule has 4 aliphatic rings. The lowest BCUT2D eigenvalue weighted by atomic mass is 9.64. The van der Waals surface area contributed by atoms with Gasteiger partial charge >= 0.3 is 0 Å². The second-order valence-corrected chi connectivity index (χ2v) is 10.2. The molecule has 26 heavy (non-hydrogen) atoms. The van der Waals surface area contributed by atoms with E-state index in [1.807, 2.05) is 0 Å². The summed E-state index contributed by atoms with van der Waals surface area (Å²) in [7, 11) is 0. The number of rotatable bonds is 9. The number of hydrogen-bond acceptors (Lipinski definition) is 0. The van der Waals surface area contributed by atoms with Crippen LogP contribution in [0.1, 0.15) is 96.8 Å². The lowest BCUT2D eigenvalue weighted by Crippen LogP contribution is -2.29. The molecule has 0 nitrogen and oxygen atoms in total. The molecule has 0 amide bonds. The van der Waals surface area contributed by atoms with Crippen LogP contribution in [-0.2, 0) is 0 Å². The summed E-state index contributed by atoms with van der Waals surface area (Å²) < 4.78 is 0. The van der Waals surface area contributed by atoms with E-state index in [2.05, 4.69) is 37.1 Å². The molecule has 5 unspecified atom stereocenters. The normalized spacial score (nSPS) is 35.5. The van der Waals surface area contributed by atoms with Gasteiger partial charge in [0.1, 0.15) is 0 Å². The molecular formula is C26H41. The van der Waals surface area contributed by atoms with Gasteiger partial charge in [-0.05, 0) is 125 Å². The summed E-state index contributed by atoms with van der Waals surface area (Å²) in [4.78, 5) is 0. The van der Waals surface area contributed by atoms with Crippen LogP contribution in [0.2, 0.25) is 0 Å². The quantitative estimate of drug-likeness (QED) is 0.369. The number of hydrogen-bond donors (Lipinski definition) is 0. The third-order valence-corrected chi connectivity index (χ3v) is 8.23. The third kappa shape index (κ3) is 5.05. The fourth-order valence-corrected chi connectivity index (χ4v) is 5.97. The van der Waals surface area contributed by atoms with Gasteiger partial charge in [0.25, 0.3) is 0 Å². The topological polar surface area (TPSA) is 0 Å². The van der Waals surface area contributed by atoms with Gasteiger partial charge in [-0.2, -0.15) is 0 Å². The van der Waals surface area contributed by atoms with Gasteiger partial charge in [0, 0.05) is 0 Å². The average Bonchev–Trinajstić information content (AvgIpc) is 3.33. The van der Waals surface area contributed by atoms with Gasteiger partial charge in [0.15, 0.2) is 0 Å². The van der Waals surface area contributed by atoms with Crippen LogP contribution < -0.4 is 0 Å². The first-order chi connectivity index (χ1) is 12.8. The molecule has 1 radical (unpaired) electrons. The molecule has 0 aromatic rings. The molecule has 0 N–H and O–H groups in total. The van der Waals surface area contributed by atoms with Crippen LogP contribution in [0.4, 0.5) is 0 Å². The van der Waals surface area contributed by atoms with Gasteiger partial charge < -0.3 is 0 Å². The average molecular weight is 354 g/mol. The van der Waals surface area contributed by atoms with E-state index >= 15 is 0 Å². The predicted octanol–water partition coefficient (Wildman–Crippen LogP) is 7.91. The molecule has 4 rings (SSSR count). The Morgan fingerprint density at radius 1 is 0.885 bits per heavy atom. The number of allylic oxidation sites excluding steroid dienone is 4. The molecular weight excluding hydrogens is 312 g/mol. The lowest BCUT2D eigenvalue weighted by molar-refractivity contribution is 0.220. The molecule has 0 bridgehead atoms. The smallest absolute Gasteiger partial charge is 0.0179 e. The molecule has 0 heteroatoms. The van der Waals surface area contributed by atoms with Crippen molar-refractivity contribution in [1.82, 2.24) is 0 Å². The van der Waals surface area contributed by atoms with E-state index in [1.165, 1.54) is 89.9 Å². The molecule has 5 atom stereocenters. The molecule has 2 saturated carbocycles. The minimum Gasteiger partial charge on any atom is -0.0885 e. The molecule has 0 aliphatic heterocycles. The van der Waals surface area contributed by atoms with Crippen molar-refractivity contribution in [1.29, 1.82) is 0 Å². The van der Waals surface area contributed by atoms with E-state index in [9.17, 15) is 0 Å². The SMILES string of the molecule is CC1CC1CC(CC1CC=CCC1)[C](CCC1CC=CCC1)C1CCC1. The van der Waals surface area contributed by atoms with E-state index in [0.717, 1.165) is 35.5 Å². The van der Waals surface area contributed by atoms with Crippen LogP contribution in [0, 0.1) is 41.4 Å². The van der Waals surface area contributed by atoms with E-state index in [4.69, 9.17) is 0 Å². The highest BCUT2D eigenvalue weighted by molar-refractivity contribution is 5.08. The highest BCUT2D eigenvalue weighted by Gasteiger charge is 2.40. The summed E-state index contributed by atoms with van der Waals surface area (Å²) in [5, 5.41) is 0. The van der Waals surface area contributed by atoms with Gasteiger partial charge in [-0.25, -0.2) is 0 Å². The molecule has 0 heterocycles. The first kappa shape index (κ1) is 18.8. The Hall–Kier alpha value is -0.520. The van der Waals surface area contributed by atoms with Gasteiger partial charge in [-0.15, -0.1) is 0 Å². The third-order valence-electron chi connectivity index (χ3n) is 8.23. The Balaban J connectivity index is 1.39. The Kier molecular flexibility index (Phi) is 6.60. The first-order valence-electron chi connectivity index (χ1n) is 11.9. The summed E-state index contributed by atoms with van der Waals surface area (Å²) in [6, 6.07) is 0. The zero-order valence-electron chi connectivity index (χ0n) is 17.2. The highest BCUT2D eigenvalue weighted by atomic mass is 14.5. The van der Waals surface area contributed by atoms with Crippen LogP contribution in [0.5, 0.6) is 0 Å². The van der Waals surface area contributed by atoms with Crippen molar-refractivity contribution in [2.75, 3.05) is 0 Å². The zero-order chi connectivity index (χ0) is 17.8. The fraction of sp³-hybridized carbons (Fsp3) is 0.808. The highest BCUT2D eigenvalue weighted by Crippen LogP contribution is 2.51. The van der Waals surface area contributed by atoms with Crippen molar-refractivity contribution in [3.8, 4) is 0 Å².